The molecule has 12 rings (SSSR count). The summed E-state index contributed by atoms with van der Waals surface area (Å²) in [6.07, 6.45) is 7.63. The molecule has 0 N–H and O–H groups in total. The third-order valence-electron chi connectivity index (χ3n) is 11.6. The predicted molar refractivity (Wildman–Crippen MR) is 234 cm³/mol. The van der Waals surface area contributed by atoms with Crippen molar-refractivity contribution in [1.29, 1.82) is 0 Å². The lowest BCUT2D eigenvalue weighted by atomic mass is 9.88. The van der Waals surface area contributed by atoms with Crippen molar-refractivity contribution in [2.24, 2.45) is 5.92 Å². The van der Waals surface area contributed by atoms with Crippen molar-refractivity contribution in [3.8, 4) is 45.3 Å². The van der Waals surface area contributed by atoms with Crippen LogP contribution in [0.1, 0.15) is 18.9 Å². The van der Waals surface area contributed by atoms with Crippen LogP contribution in [0.2, 0.25) is 0 Å². The van der Waals surface area contributed by atoms with Gasteiger partial charge in [-0.2, -0.15) is 0 Å². The molecule has 0 amide bonds. The Morgan fingerprint density at radius 1 is 0.431 bits per heavy atom. The number of fused-ring (bicyclic) bond motifs is 9. The highest BCUT2D eigenvalue weighted by atomic mass is 16.3. The van der Waals surface area contributed by atoms with Gasteiger partial charge in [0.2, 0.25) is 0 Å². The minimum atomic E-state index is 0.449. The molecule has 0 saturated carbocycles. The number of benzene rings is 7. The topological polar surface area (TPSA) is 78.1 Å². The molecule has 0 saturated heterocycles. The van der Waals surface area contributed by atoms with Crippen LogP contribution in [0, 0.1) is 5.92 Å². The number of allylic oxidation sites excluding steroid dienone is 4. The van der Waals surface area contributed by atoms with Crippen LogP contribution in [0.5, 0.6) is 0 Å². The van der Waals surface area contributed by atoms with E-state index in [0.29, 0.717) is 23.4 Å². The average Bonchev–Trinajstić information content (AvgIpc) is 3.97. The summed E-state index contributed by atoms with van der Waals surface area (Å²) in [7, 11) is 0. The minimum absolute atomic E-state index is 0.449. The summed E-state index contributed by atoms with van der Waals surface area (Å²) < 4.78 is 19.3. The van der Waals surface area contributed by atoms with Crippen LogP contribution in [0.4, 0.5) is 0 Å². The fourth-order valence-corrected chi connectivity index (χ4v) is 8.76. The van der Waals surface area contributed by atoms with Crippen molar-refractivity contribution in [3.05, 3.63) is 169 Å². The van der Waals surface area contributed by atoms with Gasteiger partial charge in [-0.05, 0) is 83.1 Å². The molecule has 0 bridgehead atoms. The highest BCUT2D eigenvalue weighted by molar-refractivity contribution is 6.16. The molecule has 0 spiro atoms. The fourth-order valence-electron chi connectivity index (χ4n) is 8.76. The molecule has 6 nitrogen and oxygen atoms in total. The van der Waals surface area contributed by atoms with E-state index in [2.05, 4.69) is 104 Å². The molecular formula is C52H33N3O3. The summed E-state index contributed by atoms with van der Waals surface area (Å²) in [5.74, 6) is 2.13. The number of aromatic nitrogens is 3. The van der Waals surface area contributed by atoms with E-state index in [1.54, 1.807) is 0 Å². The Hall–Kier alpha value is -7.57. The van der Waals surface area contributed by atoms with Gasteiger partial charge in [0, 0.05) is 49.0 Å². The molecular weight excluding hydrogens is 715 g/mol. The Morgan fingerprint density at radius 3 is 1.74 bits per heavy atom. The third kappa shape index (κ3) is 5.15. The van der Waals surface area contributed by atoms with Gasteiger partial charge in [0.15, 0.2) is 17.5 Å². The van der Waals surface area contributed by atoms with Gasteiger partial charge in [-0.3, -0.25) is 0 Å². The third-order valence-corrected chi connectivity index (χ3v) is 11.6. The Bertz CT molecular complexity index is 3510. The lowest BCUT2D eigenvalue weighted by Crippen LogP contribution is -2.02. The van der Waals surface area contributed by atoms with Gasteiger partial charge in [-0.1, -0.05) is 122 Å². The van der Waals surface area contributed by atoms with E-state index in [1.807, 2.05) is 66.7 Å². The second-order valence-corrected chi connectivity index (χ2v) is 15.2. The summed E-state index contributed by atoms with van der Waals surface area (Å²) in [6, 6.07) is 49.8. The molecule has 274 valence electrons. The van der Waals surface area contributed by atoms with Crippen LogP contribution in [0.3, 0.4) is 0 Å². The van der Waals surface area contributed by atoms with Crippen molar-refractivity contribution in [3.63, 3.8) is 0 Å². The number of furan rings is 3. The predicted octanol–water partition coefficient (Wildman–Crippen LogP) is 14.2. The fraction of sp³-hybridized carbons (Fsp3) is 0.0577. The summed E-state index contributed by atoms with van der Waals surface area (Å²) in [6.45, 7) is 2.27. The first-order valence-corrected chi connectivity index (χ1v) is 19.6. The van der Waals surface area contributed by atoms with E-state index >= 15 is 0 Å². The molecule has 4 heterocycles. The largest absolute Gasteiger partial charge is 0.456 e. The highest BCUT2D eigenvalue weighted by Gasteiger charge is 2.22. The number of hydrogen-bond acceptors (Lipinski definition) is 6. The van der Waals surface area contributed by atoms with Gasteiger partial charge in [0.25, 0.3) is 0 Å². The summed E-state index contributed by atoms with van der Waals surface area (Å²) in [5, 5.41) is 6.17. The van der Waals surface area contributed by atoms with Crippen molar-refractivity contribution in [2.45, 2.75) is 13.3 Å². The van der Waals surface area contributed by atoms with Gasteiger partial charge in [0.1, 0.15) is 33.5 Å². The van der Waals surface area contributed by atoms with Crippen LogP contribution in [-0.4, -0.2) is 15.0 Å². The van der Waals surface area contributed by atoms with E-state index in [0.717, 1.165) is 100 Å². The molecule has 11 aromatic rings. The highest BCUT2D eigenvalue weighted by Crippen LogP contribution is 2.43. The zero-order valence-electron chi connectivity index (χ0n) is 31.4. The maximum atomic E-state index is 6.63. The summed E-state index contributed by atoms with van der Waals surface area (Å²) >= 11 is 0. The van der Waals surface area contributed by atoms with E-state index in [-0.39, 0.29) is 0 Å². The van der Waals surface area contributed by atoms with Crippen LogP contribution in [0.15, 0.2) is 177 Å². The lowest BCUT2D eigenvalue weighted by Gasteiger charge is -2.17. The van der Waals surface area contributed by atoms with Gasteiger partial charge < -0.3 is 13.3 Å². The van der Waals surface area contributed by atoms with Crippen molar-refractivity contribution < 1.29 is 13.3 Å². The normalized spacial score (nSPS) is 14.4. The smallest absolute Gasteiger partial charge is 0.164 e. The number of rotatable bonds is 5. The first-order chi connectivity index (χ1) is 28.6. The number of hydrogen-bond donors (Lipinski definition) is 0. The van der Waals surface area contributed by atoms with Crippen molar-refractivity contribution in [1.82, 2.24) is 15.0 Å². The quantitative estimate of drug-likeness (QED) is 0.174. The molecule has 4 aromatic heterocycles. The molecule has 0 fully saturated rings. The molecule has 1 aliphatic rings. The monoisotopic (exact) mass is 747 g/mol. The standard InChI is InChI=1S/C52H33N3O3/c1-30-11-2-3-12-35(30)31-21-23-32(24-22-31)50-53-51(33-25-26-38-37-13-4-7-17-42(37)57-46(38)28-33)55-52(54-50)41-27-34(29-47-49(41)40-15-6-9-19-44(40)58-47)36-16-10-20-45-48(36)39-14-5-8-18-43(39)56-45/h2-10,12-30H,11H2,1H3. The molecule has 7 aromatic carbocycles. The van der Waals surface area contributed by atoms with Crippen LogP contribution >= 0.6 is 0 Å². The summed E-state index contributed by atoms with van der Waals surface area (Å²) in [4.78, 5) is 15.8. The van der Waals surface area contributed by atoms with Gasteiger partial charge in [0.05, 0.1) is 0 Å². The SMILES string of the molecule is CC1CC=CC=C1c1ccc(-c2nc(-c3ccc4c(c3)oc3ccccc34)nc(-c3cc(-c4cccc5oc6ccccc6c45)cc4oc5ccccc5c34)n2)cc1. The zero-order valence-corrected chi connectivity index (χ0v) is 31.4. The van der Waals surface area contributed by atoms with Crippen LogP contribution < -0.4 is 0 Å². The molecule has 1 unspecified atom stereocenters. The Labute approximate surface area is 332 Å². The van der Waals surface area contributed by atoms with Gasteiger partial charge >= 0.3 is 0 Å². The van der Waals surface area contributed by atoms with E-state index in [9.17, 15) is 0 Å². The van der Waals surface area contributed by atoms with Crippen molar-refractivity contribution >= 4 is 71.4 Å². The molecule has 6 heteroatoms. The van der Waals surface area contributed by atoms with Crippen molar-refractivity contribution in [2.75, 3.05) is 0 Å². The van der Waals surface area contributed by atoms with Gasteiger partial charge in [-0.25, -0.2) is 15.0 Å². The second-order valence-electron chi connectivity index (χ2n) is 15.2. The van der Waals surface area contributed by atoms with Gasteiger partial charge in [-0.15, -0.1) is 0 Å². The number of nitrogens with zero attached hydrogens (tertiary/aromatic N) is 3. The van der Waals surface area contributed by atoms with E-state index in [4.69, 9.17) is 28.2 Å². The average molecular weight is 748 g/mol. The van der Waals surface area contributed by atoms with E-state index < -0.39 is 0 Å². The first-order valence-electron chi connectivity index (χ1n) is 19.6. The maximum Gasteiger partial charge on any atom is 0.164 e. The Kier molecular flexibility index (Phi) is 7.17. The second kappa shape index (κ2) is 12.7. The van der Waals surface area contributed by atoms with Crippen LogP contribution in [0.25, 0.3) is 117 Å². The minimum Gasteiger partial charge on any atom is -0.456 e. The molecule has 0 aliphatic heterocycles. The number of para-hydroxylation sites is 3. The lowest BCUT2D eigenvalue weighted by molar-refractivity contribution is 0.668. The summed E-state index contributed by atoms with van der Waals surface area (Å²) in [5.41, 5.74) is 12.0. The first kappa shape index (κ1) is 32.7. The Morgan fingerprint density at radius 2 is 0.983 bits per heavy atom. The maximum absolute atomic E-state index is 6.63. The molecule has 0 radical (unpaired) electrons. The van der Waals surface area contributed by atoms with E-state index in [1.165, 1.54) is 11.1 Å². The zero-order chi connectivity index (χ0) is 38.3. The molecule has 1 atom stereocenters. The molecule has 1 aliphatic carbocycles. The molecule has 58 heavy (non-hydrogen) atoms. The Balaban J connectivity index is 1.11. The van der Waals surface area contributed by atoms with Crippen LogP contribution in [-0.2, 0) is 0 Å².